The van der Waals surface area contributed by atoms with E-state index in [0.29, 0.717) is 23.2 Å². The van der Waals surface area contributed by atoms with Crippen molar-refractivity contribution in [3.8, 4) is 17.1 Å². The standard InChI is InChI=1S/C17H13F2N3O3S/c1-25-17-8-6-15(20-21-17)11-3-2-4-13(9-11)22-26(23,24)16-7-5-12(18)10-14(16)19/h2-10,22H,1H3. The molecule has 0 saturated carbocycles. The molecule has 0 saturated heterocycles. The fourth-order valence-electron chi connectivity index (χ4n) is 2.23. The van der Waals surface area contributed by atoms with Crippen molar-refractivity contribution in [3.63, 3.8) is 0 Å². The molecule has 0 atom stereocenters. The molecule has 0 radical (unpaired) electrons. The average molecular weight is 377 g/mol. The molecule has 0 aliphatic heterocycles. The van der Waals surface area contributed by atoms with Gasteiger partial charge in [0, 0.05) is 23.4 Å². The first-order chi connectivity index (χ1) is 12.4. The minimum absolute atomic E-state index is 0.198. The molecule has 0 spiro atoms. The summed E-state index contributed by atoms with van der Waals surface area (Å²) in [6.45, 7) is 0. The number of nitrogens with zero attached hydrogens (tertiary/aromatic N) is 2. The zero-order chi connectivity index (χ0) is 18.7. The minimum Gasteiger partial charge on any atom is -0.480 e. The Hall–Kier alpha value is -3.07. The van der Waals surface area contributed by atoms with E-state index in [1.165, 1.54) is 19.2 Å². The third-order valence-electron chi connectivity index (χ3n) is 3.44. The summed E-state index contributed by atoms with van der Waals surface area (Å²) in [4.78, 5) is -0.645. The van der Waals surface area contributed by atoms with Crippen LogP contribution in [0.2, 0.25) is 0 Å². The van der Waals surface area contributed by atoms with E-state index in [9.17, 15) is 17.2 Å². The summed E-state index contributed by atoms with van der Waals surface area (Å²) < 4.78 is 58.6. The number of ether oxygens (including phenoxy) is 1. The van der Waals surface area contributed by atoms with Crippen molar-refractivity contribution in [3.05, 3.63) is 66.2 Å². The molecule has 2 aromatic carbocycles. The van der Waals surface area contributed by atoms with Crippen LogP contribution in [0.5, 0.6) is 5.88 Å². The van der Waals surface area contributed by atoms with Gasteiger partial charge in [0.05, 0.1) is 12.8 Å². The maximum absolute atomic E-state index is 13.8. The average Bonchev–Trinajstić information content (AvgIpc) is 2.61. The highest BCUT2D eigenvalue weighted by atomic mass is 32.2. The van der Waals surface area contributed by atoms with Crippen LogP contribution in [-0.4, -0.2) is 25.7 Å². The predicted molar refractivity (Wildman–Crippen MR) is 91.2 cm³/mol. The van der Waals surface area contributed by atoms with E-state index < -0.39 is 26.6 Å². The highest BCUT2D eigenvalue weighted by Crippen LogP contribution is 2.24. The first-order valence-corrected chi connectivity index (χ1v) is 8.83. The molecule has 9 heteroatoms. The molecule has 6 nitrogen and oxygen atoms in total. The number of nitrogens with one attached hydrogen (secondary N) is 1. The molecule has 1 heterocycles. The topological polar surface area (TPSA) is 81.2 Å². The van der Waals surface area contributed by atoms with Gasteiger partial charge in [-0.3, -0.25) is 4.72 Å². The number of hydrogen-bond donors (Lipinski definition) is 1. The van der Waals surface area contributed by atoms with Gasteiger partial charge in [0.1, 0.15) is 16.5 Å². The zero-order valence-electron chi connectivity index (χ0n) is 13.5. The van der Waals surface area contributed by atoms with Crippen LogP contribution in [-0.2, 0) is 10.0 Å². The molecule has 0 amide bonds. The van der Waals surface area contributed by atoms with E-state index in [1.807, 2.05) is 0 Å². The monoisotopic (exact) mass is 377 g/mol. The van der Waals surface area contributed by atoms with E-state index in [4.69, 9.17) is 4.74 Å². The first kappa shape index (κ1) is 17.7. The van der Waals surface area contributed by atoms with Crippen LogP contribution in [0, 0.1) is 11.6 Å². The van der Waals surface area contributed by atoms with Crippen LogP contribution in [0.15, 0.2) is 59.5 Å². The van der Waals surface area contributed by atoms with Crippen LogP contribution in [0.1, 0.15) is 0 Å². The lowest BCUT2D eigenvalue weighted by atomic mass is 10.1. The van der Waals surface area contributed by atoms with Crippen LogP contribution in [0.4, 0.5) is 14.5 Å². The third-order valence-corrected chi connectivity index (χ3v) is 4.86. The Kier molecular flexibility index (Phi) is 4.81. The van der Waals surface area contributed by atoms with Crippen molar-refractivity contribution in [1.82, 2.24) is 10.2 Å². The van der Waals surface area contributed by atoms with Gasteiger partial charge in [0.25, 0.3) is 10.0 Å². The Labute approximate surface area is 148 Å². The fraction of sp³-hybridized carbons (Fsp3) is 0.0588. The summed E-state index contributed by atoms with van der Waals surface area (Å²) in [5.74, 6) is -1.69. The van der Waals surface area contributed by atoms with Crippen molar-refractivity contribution >= 4 is 15.7 Å². The second kappa shape index (κ2) is 7.04. The fourth-order valence-corrected chi connectivity index (χ4v) is 3.34. The molecule has 0 bridgehead atoms. The van der Waals surface area contributed by atoms with E-state index in [1.54, 1.807) is 24.3 Å². The van der Waals surface area contributed by atoms with Crippen molar-refractivity contribution in [2.75, 3.05) is 11.8 Å². The molecule has 134 valence electrons. The number of aromatic nitrogens is 2. The van der Waals surface area contributed by atoms with Gasteiger partial charge in [-0.25, -0.2) is 17.2 Å². The van der Waals surface area contributed by atoms with E-state index in [-0.39, 0.29) is 5.69 Å². The summed E-state index contributed by atoms with van der Waals surface area (Å²) in [7, 11) is -2.75. The van der Waals surface area contributed by atoms with E-state index >= 15 is 0 Å². The van der Waals surface area contributed by atoms with Gasteiger partial charge in [-0.1, -0.05) is 12.1 Å². The number of anilines is 1. The third kappa shape index (κ3) is 3.77. The molecule has 3 rings (SSSR count). The molecule has 0 aliphatic rings. The van der Waals surface area contributed by atoms with Gasteiger partial charge in [-0.2, -0.15) is 0 Å². The van der Waals surface area contributed by atoms with Gasteiger partial charge >= 0.3 is 0 Å². The smallest absolute Gasteiger partial charge is 0.264 e. The largest absolute Gasteiger partial charge is 0.480 e. The van der Waals surface area contributed by atoms with Crippen molar-refractivity contribution in [1.29, 1.82) is 0 Å². The van der Waals surface area contributed by atoms with Gasteiger partial charge in [0.2, 0.25) is 5.88 Å². The van der Waals surface area contributed by atoms with Gasteiger partial charge in [-0.05, 0) is 30.3 Å². The van der Waals surface area contributed by atoms with Gasteiger partial charge in [0.15, 0.2) is 0 Å². The van der Waals surface area contributed by atoms with Crippen molar-refractivity contribution < 1.29 is 21.9 Å². The van der Waals surface area contributed by atoms with Gasteiger partial charge < -0.3 is 4.74 Å². The molecule has 26 heavy (non-hydrogen) atoms. The Morgan fingerprint density at radius 3 is 2.46 bits per heavy atom. The first-order valence-electron chi connectivity index (χ1n) is 7.35. The minimum atomic E-state index is -4.22. The lowest BCUT2D eigenvalue weighted by molar-refractivity contribution is 0.392. The molecule has 3 aromatic rings. The summed E-state index contributed by atoms with van der Waals surface area (Å²) in [5, 5.41) is 7.83. The summed E-state index contributed by atoms with van der Waals surface area (Å²) >= 11 is 0. The van der Waals surface area contributed by atoms with Crippen LogP contribution in [0.3, 0.4) is 0 Å². The number of benzene rings is 2. The number of halogens is 2. The highest BCUT2D eigenvalue weighted by Gasteiger charge is 2.20. The van der Waals surface area contributed by atoms with Crippen LogP contribution < -0.4 is 9.46 Å². The highest BCUT2D eigenvalue weighted by molar-refractivity contribution is 7.92. The maximum Gasteiger partial charge on any atom is 0.264 e. The molecule has 0 unspecified atom stereocenters. The van der Waals surface area contributed by atoms with E-state index in [2.05, 4.69) is 14.9 Å². The quantitative estimate of drug-likeness (QED) is 0.738. The number of sulfonamides is 1. The van der Waals surface area contributed by atoms with Crippen molar-refractivity contribution in [2.45, 2.75) is 4.90 Å². The zero-order valence-corrected chi connectivity index (χ0v) is 14.3. The molecule has 1 N–H and O–H groups in total. The molecule has 1 aromatic heterocycles. The van der Waals surface area contributed by atoms with Crippen LogP contribution >= 0.6 is 0 Å². The summed E-state index contributed by atoms with van der Waals surface area (Å²) in [6, 6.07) is 11.9. The second-order valence-corrected chi connectivity index (χ2v) is 6.87. The van der Waals surface area contributed by atoms with E-state index in [0.717, 1.165) is 12.1 Å². The maximum atomic E-state index is 13.8. The Bertz CT molecular complexity index is 1040. The summed E-state index contributed by atoms with van der Waals surface area (Å²) in [6.07, 6.45) is 0. The molecule has 0 fully saturated rings. The SMILES string of the molecule is COc1ccc(-c2cccc(NS(=O)(=O)c3ccc(F)cc3F)c2)nn1. The van der Waals surface area contributed by atoms with Crippen LogP contribution in [0.25, 0.3) is 11.3 Å². The Morgan fingerprint density at radius 2 is 1.81 bits per heavy atom. The van der Waals surface area contributed by atoms with Gasteiger partial charge in [-0.15, -0.1) is 10.2 Å². The Balaban J connectivity index is 1.90. The molecular formula is C17H13F2N3O3S. The lowest BCUT2D eigenvalue weighted by Crippen LogP contribution is -2.14. The number of methoxy groups -OCH3 is 1. The number of rotatable bonds is 5. The van der Waals surface area contributed by atoms with Crippen molar-refractivity contribution in [2.24, 2.45) is 0 Å². The molecular weight excluding hydrogens is 364 g/mol. The number of hydrogen-bond acceptors (Lipinski definition) is 5. The lowest BCUT2D eigenvalue weighted by Gasteiger charge is -2.10. The second-order valence-electron chi connectivity index (χ2n) is 5.22. The predicted octanol–water partition coefficient (Wildman–Crippen LogP) is 3.23. The normalized spacial score (nSPS) is 11.2. The summed E-state index contributed by atoms with van der Waals surface area (Å²) in [5.41, 5.74) is 1.29. The molecule has 0 aliphatic carbocycles. The Morgan fingerprint density at radius 1 is 1.00 bits per heavy atom.